The van der Waals surface area contributed by atoms with Gasteiger partial charge in [0.05, 0.1) is 25.9 Å². The summed E-state index contributed by atoms with van der Waals surface area (Å²) in [4.78, 5) is 3.71. The van der Waals surface area contributed by atoms with Gasteiger partial charge in [0.15, 0.2) is 5.82 Å². The van der Waals surface area contributed by atoms with E-state index in [2.05, 4.69) is 25.8 Å². The highest BCUT2D eigenvalue weighted by molar-refractivity contribution is 7.86. The Bertz CT molecular complexity index is 1070. The van der Waals surface area contributed by atoms with Gasteiger partial charge in [-0.2, -0.15) is 13.7 Å². The fraction of sp³-hybridized carbons (Fsp3) is 0.294. The third-order valence-corrected chi connectivity index (χ3v) is 4.52. The molecule has 0 aliphatic heterocycles. The van der Waals surface area contributed by atoms with Gasteiger partial charge in [0, 0.05) is 19.2 Å². The topological polar surface area (TPSA) is 190 Å². The summed E-state index contributed by atoms with van der Waals surface area (Å²) in [7, 11) is -3.27. The van der Waals surface area contributed by atoms with Gasteiger partial charge in [0.2, 0.25) is 0 Å². The minimum absolute atomic E-state index is 0.0895. The number of methoxy groups -OCH3 is 1. The number of nitriles is 1. The number of benzene rings is 1. The van der Waals surface area contributed by atoms with Crippen molar-refractivity contribution in [3.8, 4) is 11.8 Å². The first-order valence-electron chi connectivity index (χ1n) is 8.56. The Morgan fingerprint density at radius 1 is 1.10 bits per heavy atom. The quantitative estimate of drug-likeness (QED) is 0.269. The normalized spacial score (nSPS) is 11.3. The van der Waals surface area contributed by atoms with Gasteiger partial charge in [-0.05, 0) is 18.2 Å². The SMILES string of the molecule is COc1ccc(N=Nc2cc(C#N)c(NCCO)nc2NCCO)c(S(=O)(=O)O)c1. The van der Waals surface area contributed by atoms with E-state index < -0.39 is 15.0 Å². The van der Waals surface area contributed by atoms with Crippen LogP contribution in [0.3, 0.4) is 0 Å². The summed E-state index contributed by atoms with van der Waals surface area (Å²) in [5.74, 6) is 0.544. The van der Waals surface area contributed by atoms with Gasteiger partial charge in [0.1, 0.15) is 33.9 Å². The molecular weight excluding hydrogens is 416 g/mol. The van der Waals surface area contributed by atoms with Crippen molar-refractivity contribution >= 4 is 33.1 Å². The highest BCUT2D eigenvalue weighted by Crippen LogP contribution is 2.33. The standard InChI is InChI=1S/C17H20N6O6S/c1-29-12-2-3-13(15(9-12)30(26,27)28)22-23-14-8-11(10-18)16(19-4-6-24)21-17(14)20-5-7-25/h2-3,8-9,24-25H,4-7H2,1H3,(H2,19,20,21)(H,26,27,28). The molecule has 30 heavy (non-hydrogen) atoms. The largest absolute Gasteiger partial charge is 0.497 e. The van der Waals surface area contributed by atoms with Crippen molar-refractivity contribution in [2.24, 2.45) is 10.2 Å². The van der Waals surface area contributed by atoms with E-state index in [0.29, 0.717) is 0 Å². The predicted octanol–water partition coefficient (Wildman–Crippen LogP) is 1.43. The molecule has 0 spiro atoms. The highest BCUT2D eigenvalue weighted by Gasteiger charge is 2.18. The second kappa shape index (κ2) is 10.5. The van der Waals surface area contributed by atoms with Crippen molar-refractivity contribution < 1.29 is 27.9 Å². The minimum Gasteiger partial charge on any atom is -0.497 e. The molecule has 0 fully saturated rings. The third kappa shape index (κ3) is 5.84. The predicted molar refractivity (Wildman–Crippen MR) is 107 cm³/mol. The lowest BCUT2D eigenvalue weighted by Gasteiger charge is -2.12. The van der Waals surface area contributed by atoms with E-state index in [1.165, 1.54) is 25.3 Å². The maximum atomic E-state index is 11.7. The number of rotatable bonds is 10. The summed E-state index contributed by atoms with van der Waals surface area (Å²) in [6.45, 7) is -0.0996. The van der Waals surface area contributed by atoms with Gasteiger partial charge < -0.3 is 25.6 Å². The molecule has 0 saturated carbocycles. The lowest BCUT2D eigenvalue weighted by molar-refractivity contribution is 0.311. The molecule has 0 saturated heterocycles. The first-order chi connectivity index (χ1) is 14.3. The van der Waals surface area contributed by atoms with E-state index in [4.69, 9.17) is 14.9 Å². The number of aliphatic hydroxyl groups is 2. The Balaban J connectivity index is 2.53. The highest BCUT2D eigenvalue weighted by atomic mass is 32.2. The van der Waals surface area contributed by atoms with Crippen molar-refractivity contribution in [2.75, 3.05) is 44.0 Å². The number of anilines is 2. The van der Waals surface area contributed by atoms with E-state index in [1.54, 1.807) is 0 Å². The molecule has 2 aromatic rings. The smallest absolute Gasteiger partial charge is 0.296 e. The van der Waals surface area contributed by atoms with Crippen LogP contribution < -0.4 is 15.4 Å². The van der Waals surface area contributed by atoms with Gasteiger partial charge in [-0.25, -0.2) is 4.98 Å². The van der Waals surface area contributed by atoms with Crippen LogP contribution in [0, 0.1) is 11.3 Å². The van der Waals surface area contributed by atoms with Gasteiger partial charge in [-0.1, -0.05) is 0 Å². The molecule has 0 unspecified atom stereocenters. The first kappa shape index (κ1) is 23.0. The number of nitrogens with one attached hydrogen (secondary N) is 2. The lowest BCUT2D eigenvalue weighted by atomic mass is 10.2. The van der Waals surface area contributed by atoms with E-state index in [1.807, 2.05) is 6.07 Å². The lowest BCUT2D eigenvalue weighted by Crippen LogP contribution is -2.12. The molecule has 160 valence electrons. The van der Waals surface area contributed by atoms with Gasteiger partial charge in [-0.3, -0.25) is 4.55 Å². The molecule has 0 aliphatic rings. The number of aromatic nitrogens is 1. The number of nitrogens with zero attached hydrogens (tertiary/aromatic N) is 4. The number of pyridine rings is 1. The molecule has 1 heterocycles. The summed E-state index contributed by atoms with van der Waals surface area (Å²) in [6.07, 6.45) is 0. The molecule has 13 heteroatoms. The van der Waals surface area contributed by atoms with Crippen LogP contribution in [0.15, 0.2) is 39.4 Å². The van der Waals surface area contributed by atoms with Crippen LogP contribution in [0.5, 0.6) is 5.75 Å². The fourth-order valence-electron chi connectivity index (χ4n) is 2.30. The van der Waals surface area contributed by atoms with Crippen LogP contribution in [-0.4, -0.2) is 61.6 Å². The third-order valence-electron chi connectivity index (χ3n) is 3.64. The van der Waals surface area contributed by atoms with Crippen molar-refractivity contribution in [3.63, 3.8) is 0 Å². The van der Waals surface area contributed by atoms with Crippen molar-refractivity contribution in [1.29, 1.82) is 5.26 Å². The molecule has 0 radical (unpaired) electrons. The Morgan fingerprint density at radius 2 is 1.73 bits per heavy atom. The molecule has 1 aromatic carbocycles. The van der Waals surface area contributed by atoms with E-state index in [-0.39, 0.29) is 60.6 Å². The Hall–Kier alpha value is -3.31. The zero-order valence-corrected chi connectivity index (χ0v) is 16.7. The van der Waals surface area contributed by atoms with Crippen LogP contribution in [0.2, 0.25) is 0 Å². The zero-order valence-electron chi connectivity index (χ0n) is 15.9. The van der Waals surface area contributed by atoms with Gasteiger partial charge in [-0.15, -0.1) is 10.2 Å². The van der Waals surface area contributed by atoms with Gasteiger partial charge in [0.25, 0.3) is 10.1 Å². The molecule has 0 atom stereocenters. The van der Waals surface area contributed by atoms with E-state index >= 15 is 0 Å². The Labute approximate surface area is 172 Å². The molecule has 5 N–H and O–H groups in total. The minimum atomic E-state index is -4.61. The van der Waals surface area contributed by atoms with Crippen LogP contribution in [-0.2, 0) is 10.1 Å². The number of hydrogen-bond acceptors (Lipinski definition) is 11. The molecule has 0 bridgehead atoms. The van der Waals surface area contributed by atoms with Crippen LogP contribution in [0.4, 0.5) is 23.0 Å². The van der Waals surface area contributed by atoms with Crippen molar-refractivity contribution in [1.82, 2.24) is 4.98 Å². The molecule has 0 aliphatic carbocycles. The Morgan fingerprint density at radius 3 is 2.30 bits per heavy atom. The average molecular weight is 436 g/mol. The first-order valence-corrected chi connectivity index (χ1v) is 10.00. The molecule has 12 nitrogen and oxygen atoms in total. The second-order valence-electron chi connectivity index (χ2n) is 5.67. The maximum Gasteiger partial charge on any atom is 0.296 e. The van der Waals surface area contributed by atoms with Crippen molar-refractivity contribution in [3.05, 3.63) is 29.8 Å². The summed E-state index contributed by atoms with van der Waals surface area (Å²) in [6, 6.07) is 7.12. The van der Waals surface area contributed by atoms with E-state index in [0.717, 1.165) is 6.07 Å². The number of azo groups is 1. The summed E-state index contributed by atoms with van der Waals surface area (Å²) < 4.78 is 37.7. The monoisotopic (exact) mass is 436 g/mol. The van der Waals surface area contributed by atoms with Crippen molar-refractivity contribution in [2.45, 2.75) is 4.90 Å². The second-order valence-corrected chi connectivity index (χ2v) is 7.06. The van der Waals surface area contributed by atoms with Crippen LogP contribution >= 0.6 is 0 Å². The zero-order chi connectivity index (χ0) is 22.1. The summed E-state index contributed by atoms with van der Waals surface area (Å²) in [5.41, 5.74) is 0.0377. The Kier molecular flexibility index (Phi) is 8.01. The summed E-state index contributed by atoms with van der Waals surface area (Å²) >= 11 is 0. The van der Waals surface area contributed by atoms with Crippen LogP contribution in [0.1, 0.15) is 5.56 Å². The molecule has 0 amide bonds. The maximum absolute atomic E-state index is 11.7. The number of hydrogen-bond donors (Lipinski definition) is 5. The molecule has 1 aromatic heterocycles. The molecular formula is C17H20N6O6S. The summed E-state index contributed by atoms with van der Waals surface area (Å²) in [5, 5.41) is 40.8. The average Bonchev–Trinajstić information content (AvgIpc) is 2.74. The van der Waals surface area contributed by atoms with Crippen LogP contribution in [0.25, 0.3) is 0 Å². The number of ether oxygens (including phenoxy) is 1. The van der Waals surface area contributed by atoms with Gasteiger partial charge >= 0.3 is 0 Å². The number of aliphatic hydroxyl groups excluding tert-OH is 2. The van der Waals surface area contributed by atoms with E-state index in [9.17, 15) is 18.2 Å². The fourth-order valence-corrected chi connectivity index (χ4v) is 2.93. The molecule has 2 rings (SSSR count).